The summed E-state index contributed by atoms with van der Waals surface area (Å²) in [7, 11) is 0. The van der Waals surface area contributed by atoms with Gasteiger partial charge in [0.1, 0.15) is 5.52 Å². The Morgan fingerprint density at radius 2 is 1.45 bits per heavy atom. The van der Waals surface area contributed by atoms with Gasteiger partial charge in [0, 0.05) is 35.2 Å². The van der Waals surface area contributed by atoms with Gasteiger partial charge in [-0.3, -0.25) is 4.98 Å². The normalized spacial score (nSPS) is 11.5. The van der Waals surface area contributed by atoms with Crippen molar-refractivity contribution in [2.24, 2.45) is 0 Å². The number of pyridine rings is 1. The molecule has 0 aliphatic rings. The zero-order valence-corrected chi connectivity index (χ0v) is 27.4. The third kappa shape index (κ3) is 6.62. The first-order valence-electron chi connectivity index (χ1n) is 15.7. The quantitative estimate of drug-likeness (QED) is 0.180. The Balaban J connectivity index is 1.26. The highest BCUT2D eigenvalue weighted by atomic mass is 35.5. The third-order valence-corrected chi connectivity index (χ3v) is 8.64. The average Bonchev–Trinajstić information content (AvgIpc) is 3.54. The maximum Gasteiger partial charge on any atom is 0.227 e. The number of hydrogen-bond acceptors (Lipinski definition) is 5. The number of aromatic nitrogens is 2. The van der Waals surface area contributed by atoms with Crippen LogP contribution in [0.25, 0.3) is 33.8 Å². The van der Waals surface area contributed by atoms with E-state index in [1.807, 2.05) is 79.0 Å². The molecule has 5 aromatic carbocycles. The largest absolute Gasteiger partial charge is 0.436 e. The van der Waals surface area contributed by atoms with Crippen LogP contribution in [0.2, 0.25) is 5.02 Å². The van der Waals surface area contributed by atoms with E-state index in [4.69, 9.17) is 16.0 Å². The molecule has 0 radical (unpaired) electrons. The molecule has 47 heavy (non-hydrogen) atoms. The zero-order valence-electron chi connectivity index (χ0n) is 26.6. The summed E-state index contributed by atoms with van der Waals surface area (Å²) in [6, 6.07) is 45.2. The third-order valence-electron chi connectivity index (χ3n) is 8.24. The number of oxazole rings is 1. The Kier molecular flexibility index (Phi) is 8.23. The molecule has 232 valence electrons. The van der Waals surface area contributed by atoms with Gasteiger partial charge in [-0.2, -0.15) is 0 Å². The lowest BCUT2D eigenvalue weighted by Crippen LogP contribution is -2.19. The van der Waals surface area contributed by atoms with E-state index in [-0.39, 0.29) is 5.41 Å². The summed E-state index contributed by atoms with van der Waals surface area (Å²) in [4.78, 5) is 11.5. The molecule has 7 aromatic rings. The molecule has 0 saturated carbocycles. The fourth-order valence-electron chi connectivity index (χ4n) is 5.60. The highest BCUT2D eigenvalue weighted by Gasteiger charge is 2.23. The molecule has 0 amide bonds. The summed E-state index contributed by atoms with van der Waals surface area (Å²) in [5, 5.41) is 4.26. The first-order chi connectivity index (χ1) is 22.8. The Hall–Kier alpha value is -5.39. The van der Waals surface area contributed by atoms with E-state index in [0.717, 1.165) is 50.7 Å². The van der Waals surface area contributed by atoms with Crippen molar-refractivity contribution in [3.63, 3.8) is 0 Å². The summed E-state index contributed by atoms with van der Waals surface area (Å²) < 4.78 is 5.99. The number of nitrogens with zero attached hydrogens (tertiary/aromatic N) is 3. The van der Waals surface area contributed by atoms with E-state index in [2.05, 4.69) is 102 Å². The molecule has 7 rings (SSSR count). The number of fused-ring (bicyclic) bond motifs is 1. The second kappa shape index (κ2) is 12.8. The predicted octanol–water partition coefficient (Wildman–Crippen LogP) is 11.6. The molecule has 0 fully saturated rings. The second-order valence-electron chi connectivity index (χ2n) is 12.6. The summed E-state index contributed by atoms with van der Waals surface area (Å²) in [5.41, 5.74) is 10.5. The fraction of sp³-hybridized carbons (Fsp3) is 0.122. The summed E-state index contributed by atoms with van der Waals surface area (Å²) in [6.45, 7) is 7.32. The van der Waals surface area contributed by atoms with Crippen LogP contribution in [-0.4, -0.2) is 9.97 Å². The molecule has 0 bridgehead atoms. The molecule has 0 aliphatic heterocycles. The Morgan fingerprint density at radius 1 is 0.745 bits per heavy atom. The van der Waals surface area contributed by atoms with Gasteiger partial charge in [-0.1, -0.05) is 93.0 Å². The molecule has 0 atom stereocenters. The number of halogens is 1. The summed E-state index contributed by atoms with van der Waals surface area (Å²) >= 11 is 7.35. The Morgan fingerprint density at radius 3 is 2.15 bits per heavy atom. The molecule has 2 aromatic heterocycles. The number of anilines is 4. The van der Waals surface area contributed by atoms with Crippen molar-refractivity contribution in [1.29, 1.82) is 0 Å². The molecule has 0 saturated heterocycles. The monoisotopic (exact) mass is 634 g/mol. The van der Waals surface area contributed by atoms with E-state index in [0.29, 0.717) is 17.5 Å². The van der Waals surface area contributed by atoms with E-state index in [1.165, 1.54) is 11.1 Å². The minimum Gasteiger partial charge on any atom is -0.436 e. The molecule has 0 aliphatic carbocycles. The van der Waals surface area contributed by atoms with Crippen LogP contribution >= 0.6 is 11.6 Å². The lowest BCUT2D eigenvalue weighted by atomic mass is 9.86. The molecule has 0 unspecified atom stereocenters. The lowest BCUT2D eigenvalue weighted by molar-refractivity contribution is 0.590. The van der Waals surface area contributed by atoms with Gasteiger partial charge in [0.05, 0.1) is 22.1 Å². The highest BCUT2D eigenvalue weighted by molar-refractivity contribution is 6.36. The van der Waals surface area contributed by atoms with Crippen LogP contribution in [0.15, 0.2) is 144 Å². The average molecular weight is 635 g/mol. The Labute approximate surface area is 280 Å². The van der Waals surface area contributed by atoms with Crippen molar-refractivity contribution in [3.8, 4) is 22.7 Å². The highest BCUT2D eigenvalue weighted by Crippen LogP contribution is 2.43. The molecule has 0 spiro atoms. The van der Waals surface area contributed by atoms with Gasteiger partial charge in [0.2, 0.25) is 5.89 Å². The molecular weight excluding hydrogens is 600 g/mol. The van der Waals surface area contributed by atoms with Gasteiger partial charge < -0.3 is 14.6 Å². The number of para-hydroxylation sites is 2. The minimum absolute atomic E-state index is 0.117. The topological polar surface area (TPSA) is 54.2 Å². The van der Waals surface area contributed by atoms with Crippen LogP contribution in [0.4, 0.5) is 22.7 Å². The predicted molar refractivity (Wildman–Crippen MR) is 195 cm³/mol. The molecular formula is C41H35ClN4O. The van der Waals surface area contributed by atoms with E-state index in [9.17, 15) is 0 Å². The lowest BCUT2D eigenvalue weighted by Gasteiger charge is -2.30. The van der Waals surface area contributed by atoms with Crippen LogP contribution in [0.1, 0.15) is 31.9 Å². The number of nitrogens with one attached hydrogen (secondary N) is 1. The van der Waals surface area contributed by atoms with E-state index < -0.39 is 0 Å². The molecule has 6 heteroatoms. The Bertz CT molecular complexity index is 2090. The maximum absolute atomic E-state index is 7.35. The molecule has 1 N–H and O–H groups in total. The van der Waals surface area contributed by atoms with Gasteiger partial charge >= 0.3 is 0 Å². The minimum atomic E-state index is -0.117. The van der Waals surface area contributed by atoms with Crippen LogP contribution in [0.3, 0.4) is 0 Å². The molecule has 5 nitrogen and oxygen atoms in total. The SMILES string of the molecule is CC(C)(C)c1cc(Nc2ccc(-c3nc4ccccc4o3)cc2)c(Cl)c(N(Cc2ccccc2)c2ccc(-c3ccccn3)cc2)c1. The second-order valence-corrected chi connectivity index (χ2v) is 13.0. The zero-order chi connectivity index (χ0) is 32.4. The number of hydrogen-bond donors (Lipinski definition) is 1. The van der Waals surface area contributed by atoms with E-state index in [1.54, 1.807) is 0 Å². The number of rotatable bonds is 8. The van der Waals surface area contributed by atoms with Crippen LogP contribution in [-0.2, 0) is 12.0 Å². The van der Waals surface area contributed by atoms with Crippen LogP contribution < -0.4 is 10.2 Å². The first-order valence-corrected chi connectivity index (χ1v) is 16.1. The van der Waals surface area contributed by atoms with Gasteiger partial charge in [-0.15, -0.1) is 0 Å². The van der Waals surface area contributed by atoms with Crippen molar-refractivity contribution in [3.05, 3.63) is 156 Å². The fourth-order valence-corrected chi connectivity index (χ4v) is 5.86. The van der Waals surface area contributed by atoms with Gasteiger partial charge in [0.15, 0.2) is 5.58 Å². The van der Waals surface area contributed by atoms with Crippen molar-refractivity contribution in [2.45, 2.75) is 32.7 Å². The summed E-state index contributed by atoms with van der Waals surface area (Å²) in [6.07, 6.45) is 1.82. The van der Waals surface area contributed by atoms with Gasteiger partial charge in [0.25, 0.3) is 0 Å². The van der Waals surface area contributed by atoms with Crippen LogP contribution in [0, 0.1) is 0 Å². The first kappa shape index (κ1) is 30.3. The maximum atomic E-state index is 7.35. The smallest absolute Gasteiger partial charge is 0.227 e. The summed E-state index contributed by atoms with van der Waals surface area (Å²) in [5.74, 6) is 0.596. The van der Waals surface area contributed by atoms with Gasteiger partial charge in [-0.25, -0.2) is 4.98 Å². The van der Waals surface area contributed by atoms with Crippen molar-refractivity contribution >= 4 is 45.5 Å². The van der Waals surface area contributed by atoms with Gasteiger partial charge in [-0.05, 0) is 89.3 Å². The number of benzene rings is 5. The van der Waals surface area contributed by atoms with Crippen molar-refractivity contribution in [2.75, 3.05) is 10.2 Å². The van der Waals surface area contributed by atoms with E-state index >= 15 is 0 Å². The van der Waals surface area contributed by atoms with Crippen molar-refractivity contribution in [1.82, 2.24) is 9.97 Å². The molecule has 2 heterocycles. The van der Waals surface area contributed by atoms with Crippen LogP contribution in [0.5, 0.6) is 0 Å². The standard InChI is InChI=1S/C41H35ClN4O/c1-41(2,3)31-25-36(44-32-20-16-30(17-21-32)40-45-35-14-7-8-15-38(35)47-40)39(42)37(26-31)46(27-28-11-5-4-6-12-28)33-22-18-29(19-23-33)34-13-9-10-24-43-34/h4-26,44H,27H2,1-3H3. The van der Waals surface area contributed by atoms with Crippen molar-refractivity contribution < 1.29 is 4.42 Å².